The molecule has 182 valence electrons. The van der Waals surface area contributed by atoms with Crippen LogP contribution in [0.3, 0.4) is 0 Å². The van der Waals surface area contributed by atoms with Crippen molar-refractivity contribution in [2.75, 3.05) is 12.3 Å². The number of imidazole rings is 1. The van der Waals surface area contributed by atoms with E-state index in [0.717, 1.165) is 0 Å². The number of nitrogens with zero attached hydrogens (tertiary/aromatic N) is 5. The minimum absolute atomic E-state index is 0.000191. The van der Waals surface area contributed by atoms with Gasteiger partial charge in [0.1, 0.15) is 11.7 Å². The van der Waals surface area contributed by atoms with Gasteiger partial charge >= 0.3 is 11.9 Å². The quantitative estimate of drug-likeness (QED) is 0.299. The number of nitrogens with two attached hydrogens (primary N) is 1. The van der Waals surface area contributed by atoms with E-state index >= 15 is 0 Å². The van der Waals surface area contributed by atoms with Crippen molar-refractivity contribution < 1.29 is 33.7 Å². The van der Waals surface area contributed by atoms with Crippen molar-refractivity contribution in [3.63, 3.8) is 0 Å². The SMILES string of the molecule is N#Cc1cccc(CC(OCC2CC(F)C(n3cnc4c(N)nc(Cl)nc43)O2)(C(=O)O)C(=O)O)c1. The molecule has 4 rings (SSSR count). The maximum atomic E-state index is 14.9. The molecule has 0 saturated carbocycles. The molecule has 0 spiro atoms. The van der Waals surface area contributed by atoms with Crippen LogP contribution < -0.4 is 5.73 Å². The fourth-order valence-corrected chi connectivity index (χ4v) is 4.01. The summed E-state index contributed by atoms with van der Waals surface area (Å²) in [6.07, 6.45) is -3.29. The molecule has 3 unspecified atom stereocenters. The summed E-state index contributed by atoms with van der Waals surface area (Å²) in [6, 6.07) is 7.74. The van der Waals surface area contributed by atoms with E-state index < -0.39 is 49.1 Å². The Bertz CT molecular complexity index is 1330. The molecule has 0 bridgehead atoms. The Morgan fingerprint density at radius 3 is 2.80 bits per heavy atom. The number of hydrogen-bond acceptors (Lipinski definition) is 9. The van der Waals surface area contributed by atoms with Crippen LogP contribution in [0.4, 0.5) is 10.2 Å². The van der Waals surface area contributed by atoms with Gasteiger partial charge in [-0.1, -0.05) is 12.1 Å². The second-order valence-electron chi connectivity index (χ2n) is 7.84. The summed E-state index contributed by atoms with van der Waals surface area (Å²) in [4.78, 5) is 35.9. The Hall–Kier alpha value is -3.86. The third-order valence-electron chi connectivity index (χ3n) is 5.54. The number of aromatic nitrogens is 4. The molecule has 14 heteroatoms. The molecule has 12 nitrogen and oxygen atoms in total. The van der Waals surface area contributed by atoms with Crippen LogP contribution in [-0.2, 0) is 25.5 Å². The van der Waals surface area contributed by atoms with Gasteiger partial charge in [0, 0.05) is 12.8 Å². The molecule has 35 heavy (non-hydrogen) atoms. The van der Waals surface area contributed by atoms with Crippen molar-refractivity contribution in [1.82, 2.24) is 19.5 Å². The van der Waals surface area contributed by atoms with Crippen molar-refractivity contribution in [2.24, 2.45) is 0 Å². The zero-order valence-electron chi connectivity index (χ0n) is 17.8. The zero-order valence-corrected chi connectivity index (χ0v) is 18.6. The first-order chi connectivity index (χ1) is 16.6. The summed E-state index contributed by atoms with van der Waals surface area (Å²) in [5, 5.41) is 28.4. The number of alkyl halides is 1. The number of carbonyl (C=O) groups is 2. The molecule has 3 atom stereocenters. The molecule has 1 aromatic carbocycles. The maximum Gasteiger partial charge on any atom is 0.348 e. The molecule has 1 saturated heterocycles. The highest BCUT2D eigenvalue weighted by Crippen LogP contribution is 2.35. The first-order valence-corrected chi connectivity index (χ1v) is 10.6. The second kappa shape index (κ2) is 9.41. The number of carboxylic acids is 2. The largest absolute Gasteiger partial charge is 0.479 e. The maximum absolute atomic E-state index is 14.9. The Morgan fingerprint density at radius 2 is 2.11 bits per heavy atom. The lowest BCUT2D eigenvalue weighted by molar-refractivity contribution is -0.188. The fraction of sp³-hybridized carbons (Fsp3) is 0.333. The van der Waals surface area contributed by atoms with Crippen molar-refractivity contribution in [2.45, 2.75) is 36.9 Å². The summed E-state index contributed by atoms with van der Waals surface area (Å²) in [7, 11) is 0. The normalized spacial score (nSPS) is 20.1. The van der Waals surface area contributed by atoms with Gasteiger partial charge in [0.15, 0.2) is 17.7 Å². The summed E-state index contributed by atoms with van der Waals surface area (Å²) in [5.74, 6) is -3.50. The monoisotopic (exact) mass is 504 g/mol. The van der Waals surface area contributed by atoms with E-state index in [1.165, 1.54) is 35.2 Å². The van der Waals surface area contributed by atoms with Gasteiger partial charge < -0.3 is 25.4 Å². The smallest absolute Gasteiger partial charge is 0.348 e. The lowest BCUT2D eigenvalue weighted by Crippen LogP contribution is -2.52. The fourth-order valence-electron chi connectivity index (χ4n) is 3.84. The predicted octanol–water partition coefficient (Wildman–Crippen LogP) is 1.73. The molecular formula is C21H18ClFN6O6. The molecule has 1 fully saturated rings. The Morgan fingerprint density at radius 1 is 1.37 bits per heavy atom. The van der Waals surface area contributed by atoms with Gasteiger partial charge in [0.25, 0.3) is 5.60 Å². The third kappa shape index (κ3) is 4.59. The van der Waals surface area contributed by atoms with Crippen LogP contribution in [0.5, 0.6) is 0 Å². The molecule has 3 heterocycles. The number of ether oxygens (including phenoxy) is 2. The molecule has 0 radical (unpaired) electrons. The van der Waals surface area contributed by atoms with E-state index in [9.17, 15) is 24.2 Å². The van der Waals surface area contributed by atoms with Crippen molar-refractivity contribution in [1.29, 1.82) is 5.26 Å². The number of nitrogen functional groups attached to an aromatic ring is 1. The van der Waals surface area contributed by atoms with E-state index in [2.05, 4.69) is 15.0 Å². The lowest BCUT2D eigenvalue weighted by Gasteiger charge is -2.27. The second-order valence-corrected chi connectivity index (χ2v) is 8.18. The summed E-state index contributed by atoms with van der Waals surface area (Å²) >= 11 is 5.84. The average Bonchev–Trinajstić information content (AvgIpc) is 3.39. The molecule has 0 aliphatic carbocycles. The Labute approximate surface area is 201 Å². The number of hydrogen-bond donors (Lipinski definition) is 3. The van der Waals surface area contributed by atoms with Crippen molar-refractivity contribution >= 4 is 40.5 Å². The van der Waals surface area contributed by atoms with Crippen LogP contribution in [-0.4, -0.2) is 66.2 Å². The number of benzene rings is 1. The summed E-state index contributed by atoms with van der Waals surface area (Å²) in [5.41, 5.74) is 3.91. The Kier molecular flexibility index (Phi) is 6.53. The first kappa shape index (κ1) is 24.3. The van der Waals surface area contributed by atoms with Crippen molar-refractivity contribution in [3.05, 3.63) is 47.0 Å². The van der Waals surface area contributed by atoms with Gasteiger partial charge in [0.05, 0.1) is 30.7 Å². The van der Waals surface area contributed by atoms with Crippen LogP contribution in [0.15, 0.2) is 30.6 Å². The van der Waals surface area contributed by atoms with E-state index in [1.807, 2.05) is 6.07 Å². The van der Waals surface area contributed by atoms with E-state index in [4.69, 9.17) is 32.1 Å². The van der Waals surface area contributed by atoms with Crippen LogP contribution >= 0.6 is 11.6 Å². The first-order valence-electron chi connectivity index (χ1n) is 10.2. The van der Waals surface area contributed by atoms with Crippen LogP contribution in [0.1, 0.15) is 23.8 Å². The summed E-state index contributed by atoms with van der Waals surface area (Å²) < 4.78 is 27.3. The van der Waals surface area contributed by atoms with Crippen LogP contribution in [0.25, 0.3) is 11.2 Å². The molecule has 3 aromatic rings. The Balaban J connectivity index is 1.54. The molecule has 1 aliphatic rings. The average molecular weight is 505 g/mol. The third-order valence-corrected chi connectivity index (χ3v) is 5.71. The van der Waals surface area contributed by atoms with Gasteiger partial charge in [-0.15, -0.1) is 0 Å². The van der Waals surface area contributed by atoms with Gasteiger partial charge in [0.2, 0.25) is 5.28 Å². The number of carboxylic acid groups (broad SMARTS) is 2. The molecule has 0 amide bonds. The number of aliphatic carboxylic acids is 2. The zero-order chi connectivity index (χ0) is 25.3. The molecule has 4 N–H and O–H groups in total. The number of nitriles is 1. The standard InChI is InChI=1S/C21H18ClFN6O6/c22-20-27-15(25)14-16(28-20)29(9-26-14)17-13(23)5-12(35-17)8-34-21(18(30)31,19(32)33)6-10-2-1-3-11(4-10)7-24/h1-4,9,12-13,17H,5-6,8H2,(H,30,31)(H,32,33)(H2,25,27,28). The van der Waals surface area contributed by atoms with E-state index in [-0.39, 0.29) is 39.8 Å². The minimum atomic E-state index is -2.68. The van der Waals surface area contributed by atoms with Crippen LogP contribution in [0.2, 0.25) is 5.28 Å². The van der Waals surface area contributed by atoms with Gasteiger partial charge in [-0.25, -0.2) is 19.0 Å². The molecular weight excluding hydrogens is 487 g/mol. The van der Waals surface area contributed by atoms with Gasteiger partial charge in [-0.2, -0.15) is 15.2 Å². The van der Waals surface area contributed by atoms with E-state index in [0.29, 0.717) is 0 Å². The molecule has 2 aromatic heterocycles. The van der Waals surface area contributed by atoms with E-state index in [1.54, 1.807) is 0 Å². The molecule has 1 aliphatic heterocycles. The number of halogens is 2. The minimum Gasteiger partial charge on any atom is -0.479 e. The number of fused-ring (bicyclic) bond motifs is 1. The predicted molar refractivity (Wildman–Crippen MR) is 117 cm³/mol. The highest BCUT2D eigenvalue weighted by atomic mass is 35.5. The van der Waals surface area contributed by atoms with Crippen LogP contribution in [0, 0.1) is 11.3 Å². The summed E-state index contributed by atoms with van der Waals surface area (Å²) in [6.45, 7) is -0.530. The van der Waals surface area contributed by atoms with Crippen molar-refractivity contribution in [3.8, 4) is 6.07 Å². The highest BCUT2D eigenvalue weighted by Gasteiger charge is 2.50. The topological polar surface area (TPSA) is 186 Å². The van der Waals surface area contributed by atoms with Gasteiger partial charge in [-0.05, 0) is 29.3 Å². The van der Waals surface area contributed by atoms with Gasteiger partial charge in [-0.3, -0.25) is 4.57 Å². The highest BCUT2D eigenvalue weighted by molar-refractivity contribution is 6.28. The number of rotatable bonds is 8. The number of anilines is 1. The lowest BCUT2D eigenvalue weighted by atomic mass is 9.93.